The average Bonchev–Trinajstić information content (AvgIpc) is 2.29. The molecule has 0 bridgehead atoms. The summed E-state index contributed by atoms with van der Waals surface area (Å²) in [6.45, 7) is 2.11. The van der Waals surface area contributed by atoms with E-state index in [0.29, 0.717) is 6.04 Å². The zero-order valence-corrected chi connectivity index (χ0v) is 10.2. The van der Waals surface area contributed by atoms with Crippen LogP contribution in [0.3, 0.4) is 0 Å². The second kappa shape index (κ2) is 4.74. The van der Waals surface area contributed by atoms with Crippen LogP contribution in [0.4, 0.5) is 11.4 Å². The first-order valence-corrected chi connectivity index (χ1v) is 5.95. The van der Waals surface area contributed by atoms with E-state index in [9.17, 15) is 0 Å². The van der Waals surface area contributed by atoms with Crippen molar-refractivity contribution in [3.05, 3.63) is 24.3 Å². The molecule has 0 aliphatic carbocycles. The summed E-state index contributed by atoms with van der Waals surface area (Å²) < 4.78 is 0. The molecule has 1 aromatic carbocycles. The third-order valence-electron chi connectivity index (χ3n) is 3.17. The molecule has 0 aromatic heterocycles. The van der Waals surface area contributed by atoms with Gasteiger partial charge in [-0.2, -0.15) is 0 Å². The van der Waals surface area contributed by atoms with Crippen molar-refractivity contribution in [3.63, 3.8) is 0 Å². The quantitative estimate of drug-likeness (QED) is 0.821. The van der Waals surface area contributed by atoms with Gasteiger partial charge in [-0.3, -0.25) is 0 Å². The Bertz CT molecular complexity index is 349. The summed E-state index contributed by atoms with van der Waals surface area (Å²) in [5.41, 5.74) is 8.55. The minimum absolute atomic E-state index is 0.330. The Hall–Kier alpha value is -1.22. The van der Waals surface area contributed by atoms with Crippen LogP contribution in [0.2, 0.25) is 0 Å². The molecule has 16 heavy (non-hydrogen) atoms. The van der Waals surface area contributed by atoms with Gasteiger partial charge in [0.25, 0.3) is 0 Å². The maximum absolute atomic E-state index is 6.01. The van der Waals surface area contributed by atoms with E-state index in [4.69, 9.17) is 5.73 Å². The minimum Gasteiger partial charge on any atom is -0.378 e. The Balaban J connectivity index is 2.16. The third-order valence-corrected chi connectivity index (χ3v) is 3.17. The van der Waals surface area contributed by atoms with Crippen LogP contribution in [-0.4, -0.2) is 33.2 Å². The Morgan fingerprint density at radius 2 is 2.19 bits per heavy atom. The molecule has 0 amide bonds. The molecular weight excluding hydrogens is 198 g/mol. The lowest BCUT2D eigenvalue weighted by Gasteiger charge is -2.33. The molecule has 1 aliphatic heterocycles. The fourth-order valence-corrected chi connectivity index (χ4v) is 2.21. The highest BCUT2D eigenvalue weighted by molar-refractivity contribution is 5.59. The van der Waals surface area contributed by atoms with Crippen LogP contribution < -0.4 is 15.5 Å². The highest BCUT2D eigenvalue weighted by Crippen LogP contribution is 2.23. The van der Waals surface area contributed by atoms with Crippen molar-refractivity contribution >= 4 is 11.4 Å². The van der Waals surface area contributed by atoms with Gasteiger partial charge < -0.3 is 15.5 Å². The average molecular weight is 219 g/mol. The SMILES string of the molecule is CN(C)c1cccc(N2CCCC(N)C2)c1. The molecule has 3 heteroatoms. The molecule has 1 aliphatic rings. The summed E-state index contributed by atoms with van der Waals surface area (Å²) in [6, 6.07) is 8.98. The van der Waals surface area contributed by atoms with Gasteiger partial charge >= 0.3 is 0 Å². The van der Waals surface area contributed by atoms with Gasteiger partial charge in [0.05, 0.1) is 0 Å². The maximum atomic E-state index is 6.01. The standard InChI is InChI=1S/C13H21N3/c1-15(2)12-6-3-7-13(9-12)16-8-4-5-11(14)10-16/h3,6-7,9,11H,4-5,8,10,14H2,1-2H3. The lowest BCUT2D eigenvalue weighted by Crippen LogP contribution is -2.42. The van der Waals surface area contributed by atoms with Crippen molar-refractivity contribution in [2.24, 2.45) is 5.73 Å². The summed E-state index contributed by atoms with van der Waals surface area (Å²) >= 11 is 0. The van der Waals surface area contributed by atoms with Gasteiger partial charge in [-0.1, -0.05) is 6.07 Å². The molecule has 0 saturated carbocycles. The fourth-order valence-electron chi connectivity index (χ4n) is 2.21. The molecule has 0 spiro atoms. The van der Waals surface area contributed by atoms with Crippen molar-refractivity contribution in [1.29, 1.82) is 0 Å². The summed E-state index contributed by atoms with van der Waals surface area (Å²) in [7, 11) is 4.14. The number of piperidine rings is 1. The molecule has 3 nitrogen and oxygen atoms in total. The second-order valence-corrected chi connectivity index (χ2v) is 4.76. The predicted molar refractivity (Wildman–Crippen MR) is 70.2 cm³/mol. The van der Waals surface area contributed by atoms with Gasteiger partial charge in [-0.25, -0.2) is 0 Å². The highest BCUT2D eigenvalue weighted by atomic mass is 15.2. The third kappa shape index (κ3) is 2.47. The smallest absolute Gasteiger partial charge is 0.0387 e. The van der Waals surface area contributed by atoms with E-state index in [2.05, 4.69) is 48.2 Å². The predicted octanol–water partition coefficient (Wildman–Crippen LogP) is 1.68. The zero-order valence-electron chi connectivity index (χ0n) is 10.2. The zero-order chi connectivity index (χ0) is 11.5. The minimum atomic E-state index is 0.330. The van der Waals surface area contributed by atoms with Crippen LogP contribution in [0, 0.1) is 0 Å². The van der Waals surface area contributed by atoms with Gasteiger partial charge in [-0.15, -0.1) is 0 Å². The maximum Gasteiger partial charge on any atom is 0.0387 e. The Morgan fingerprint density at radius 3 is 2.88 bits per heavy atom. The Morgan fingerprint density at radius 1 is 1.38 bits per heavy atom. The Labute approximate surface area is 97.8 Å². The Kier molecular flexibility index (Phi) is 3.34. The van der Waals surface area contributed by atoms with Crippen LogP contribution in [-0.2, 0) is 0 Å². The highest BCUT2D eigenvalue weighted by Gasteiger charge is 2.16. The van der Waals surface area contributed by atoms with E-state index < -0.39 is 0 Å². The molecule has 88 valence electrons. The fraction of sp³-hybridized carbons (Fsp3) is 0.538. The van der Waals surface area contributed by atoms with Gasteiger partial charge in [0.15, 0.2) is 0 Å². The summed E-state index contributed by atoms with van der Waals surface area (Å²) in [5.74, 6) is 0. The molecule has 2 N–H and O–H groups in total. The summed E-state index contributed by atoms with van der Waals surface area (Å²) in [4.78, 5) is 4.52. The normalized spacial score (nSPS) is 20.9. The molecule has 1 atom stereocenters. The molecule has 0 radical (unpaired) electrons. The van der Waals surface area contributed by atoms with E-state index in [1.807, 2.05) is 0 Å². The number of anilines is 2. The molecule has 1 fully saturated rings. The second-order valence-electron chi connectivity index (χ2n) is 4.76. The molecule has 1 aromatic rings. The van der Waals surface area contributed by atoms with Gasteiger partial charge in [-0.05, 0) is 31.0 Å². The van der Waals surface area contributed by atoms with Gasteiger partial charge in [0, 0.05) is 44.6 Å². The van der Waals surface area contributed by atoms with Crippen LogP contribution in [0.25, 0.3) is 0 Å². The molecule has 1 unspecified atom stereocenters. The molecule has 1 saturated heterocycles. The van der Waals surface area contributed by atoms with Crippen LogP contribution in [0.1, 0.15) is 12.8 Å². The van der Waals surface area contributed by atoms with E-state index in [1.165, 1.54) is 17.8 Å². The van der Waals surface area contributed by atoms with E-state index in [1.54, 1.807) is 0 Å². The first kappa shape index (κ1) is 11.3. The van der Waals surface area contributed by atoms with Crippen LogP contribution >= 0.6 is 0 Å². The number of hydrogen-bond donors (Lipinski definition) is 1. The van der Waals surface area contributed by atoms with Crippen molar-refractivity contribution in [2.75, 3.05) is 37.0 Å². The topological polar surface area (TPSA) is 32.5 Å². The largest absolute Gasteiger partial charge is 0.378 e. The van der Waals surface area contributed by atoms with Crippen LogP contribution in [0.15, 0.2) is 24.3 Å². The van der Waals surface area contributed by atoms with Gasteiger partial charge in [0.1, 0.15) is 0 Å². The molecular formula is C13H21N3. The number of nitrogens with two attached hydrogens (primary N) is 1. The van der Waals surface area contributed by atoms with Crippen molar-refractivity contribution < 1.29 is 0 Å². The van der Waals surface area contributed by atoms with Crippen molar-refractivity contribution in [1.82, 2.24) is 0 Å². The number of nitrogens with zero attached hydrogens (tertiary/aromatic N) is 2. The van der Waals surface area contributed by atoms with Crippen molar-refractivity contribution in [3.8, 4) is 0 Å². The summed E-state index contributed by atoms with van der Waals surface area (Å²) in [5, 5.41) is 0. The van der Waals surface area contributed by atoms with Crippen LogP contribution in [0.5, 0.6) is 0 Å². The van der Waals surface area contributed by atoms with Crippen molar-refractivity contribution in [2.45, 2.75) is 18.9 Å². The number of benzene rings is 1. The molecule has 2 rings (SSSR count). The molecule has 1 heterocycles. The summed E-state index contributed by atoms with van der Waals surface area (Å²) in [6.07, 6.45) is 2.36. The lowest BCUT2D eigenvalue weighted by molar-refractivity contribution is 0.506. The first-order valence-electron chi connectivity index (χ1n) is 5.95. The first-order chi connectivity index (χ1) is 7.66. The monoisotopic (exact) mass is 219 g/mol. The van der Waals surface area contributed by atoms with E-state index >= 15 is 0 Å². The van der Waals surface area contributed by atoms with E-state index in [0.717, 1.165) is 19.5 Å². The number of hydrogen-bond acceptors (Lipinski definition) is 3. The number of rotatable bonds is 2. The lowest BCUT2D eigenvalue weighted by atomic mass is 10.1. The van der Waals surface area contributed by atoms with E-state index in [-0.39, 0.29) is 0 Å². The van der Waals surface area contributed by atoms with Gasteiger partial charge in [0.2, 0.25) is 0 Å².